The Balaban J connectivity index is 2.11. The molecule has 1 aromatic rings. The molecule has 3 atom stereocenters. The Hall–Kier alpha value is 0.0900. The summed E-state index contributed by atoms with van der Waals surface area (Å²) < 4.78 is 0. The predicted molar refractivity (Wildman–Crippen MR) is 76.3 cm³/mol. The van der Waals surface area contributed by atoms with Gasteiger partial charge in [0.25, 0.3) is 0 Å². The van der Waals surface area contributed by atoms with Gasteiger partial charge in [0.05, 0.1) is 0 Å². The van der Waals surface area contributed by atoms with E-state index in [2.05, 4.69) is 6.92 Å². The SMILES string of the molecule is CC1CCC(Cl)C(Cc2cc(Cl)ccc2Cl)C1. The third kappa shape index (κ3) is 3.53. The Bertz CT molecular complexity index is 389. The van der Waals surface area contributed by atoms with Crippen molar-refractivity contribution < 1.29 is 0 Å². The first-order valence-electron chi connectivity index (χ1n) is 6.14. The molecule has 0 amide bonds. The number of halogens is 3. The van der Waals surface area contributed by atoms with E-state index in [0.717, 1.165) is 34.4 Å². The van der Waals surface area contributed by atoms with Gasteiger partial charge >= 0.3 is 0 Å². The van der Waals surface area contributed by atoms with Crippen LogP contribution in [0.2, 0.25) is 10.0 Å². The minimum Gasteiger partial charge on any atom is -0.123 e. The van der Waals surface area contributed by atoms with Crippen LogP contribution in [-0.2, 0) is 6.42 Å². The molecule has 0 radical (unpaired) electrons. The van der Waals surface area contributed by atoms with Gasteiger partial charge in [-0.25, -0.2) is 0 Å². The van der Waals surface area contributed by atoms with Crippen molar-refractivity contribution in [2.24, 2.45) is 11.8 Å². The summed E-state index contributed by atoms with van der Waals surface area (Å²) in [5.74, 6) is 1.30. The molecular formula is C14H17Cl3. The quantitative estimate of drug-likeness (QED) is 0.624. The number of hydrogen-bond donors (Lipinski definition) is 0. The minimum atomic E-state index is 0.279. The molecule has 0 aliphatic heterocycles. The van der Waals surface area contributed by atoms with Gasteiger partial charge in [-0.2, -0.15) is 0 Å². The molecule has 1 fully saturated rings. The van der Waals surface area contributed by atoms with Crippen molar-refractivity contribution >= 4 is 34.8 Å². The largest absolute Gasteiger partial charge is 0.123 e. The molecule has 0 saturated heterocycles. The van der Waals surface area contributed by atoms with E-state index in [4.69, 9.17) is 34.8 Å². The van der Waals surface area contributed by atoms with Crippen LogP contribution < -0.4 is 0 Å². The van der Waals surface area contributed by atoms with E-state index in [9.17, 15) is 0 Å². The Kier molecular flexibility index (Phi) is 4.63. The summed E-state index contributed by atoms with van der Waals surface area (Å²) >= 11 is 18.6. The molecule has 0 N–H and O–H groups in total. The van der Waals surface area contributed by atoms with E-state index < -0.39 is 0 Å². The lowest BCUT2D eigenvalue weighted by atomic mass is 9.79. The van der Waals surface area contributed by atoms with Crippen LogP contribution in [-0.4, -0.2) is 5.38 Å². The average Bonchev–Trinajstić information content (AvgIpc) is 2.28. The van der Waals surface area contributed by atoms with Gasteiger partial charge in [-0.1, -0.05) is 30.1 Å². The van der Waals surface area contributed by atoms with Gasteiger partial charge in [0, 0.05) is 15.4 Å². The van der Waals surface area contributed by atoms with Crippen molar-refractivity contribution in [3.8, 4) is 0 Å². The van der Waals surface area contributed by atoms with E-state index in [1.54, 1.807) is 0 Å². The summed E-state index contributed by atoms with van der Waals surface area (Å²) in [5.41, 5.74) is 1.13. The molecule has 1 saturated carbocycles. The van der Waals surface area contributed by atoms with Crippen LogP contribution in [0.1, 0.15) is 31.7 Å². The fourth-order valence-electron chi connectivity index (χ4n) is 2.66. The minimum absolute atomic E-state index is 0.279. The third-order valence-corrected chi connectivity index (χ3v) is 4.82. The average molecular weight is 292 g/mol. The van der Waals surface area contributed by atoms with Crippen molar-refractivity contribution in [1.82, 2.24) is 0 Å². The van der Waals surface area contributed by atoms with E-state index >= 15 is 0 Å². The second-order valence-corrected chi connectivity index (χ2v) is 6.54. The summed E-state index contributed by atoms with van der Waals surface area (Å²) in [7, 11) is 0. The van der Waals surface area contributed by atoms with Gasteiger partial charge in [-0.15, -0.1) is 11.6 Å². The third-order valence-electron chi connectivity index (χ3n) is 3.64. The lowest BCUT2D eigenvalue weighted by Crippen LogP contribution is -2.26. The Morgan fingerprint density at radius 3 is 2.76 bits per heavy atom. The van der Waals surface area contributed by atoms with Crippen molar-refractivity contribution in [3.05, 3.63) is 33.8 Å². The summed E-state index contributed by atoms with van der Waals surface area (Å²) in [4.78, 5) is 0. The Morgan fingerprint density at radius 2 is 2.00 bits per heavy atom. The molecule has 1 aliphatic carbocycles. The molecule has 2 rings (SSSR count). The number of alkyl halides is 1. The molecular weight excluding hydrogens is 275 g/mol. The van der Waals surface area contributed by atoms with Crippen molar-refractivity contribution in [3.63, 3.8) is 0 Å². The standard InChI is InChI=1S/C14H17Cl3/c1-9-2-4-13(16)10(6-9)7-11-8-12(15)3-5-14(11)17/h3,5,8-10,13H,2,4,6-7H2,1H3. The smallest absolute Gasteiger partial charge is 0.0439 e. The predicted octanol–water partition coefficient (Wildman–Crippen LogP) is 5.58. The summed E-state index contributed by atoms with van der Waals surface area (Å²) in [6.07, 6.45) is 4.49. The van der Waals surface area contributed by atoms with Crippen LogP contribution >= 0.6 is 34.8 Å². The van der Waals surface area contributed by atoms with Crippen LogP contribution in [0.4, 0.5) is 0 Å². The van der Waals surface area contributed by atoms with Gasteiger partial charge in [0.2, 0.25) is 0 Å². The first-order valence-corrected chi connectivity index (χ1v) is 7.33. The van der Waals surface area contributed by atoms with E-state index in [0.29, 0.717) is 5.92 Å². The molecule has 0 heterocycles. The zero-order chi connectivity index (χ0) is 12.4. The molecule has 3 heteroatoms. The van der Waals surface area contributed by atoms with E-state index in [1.807, 2.05) is 18.2 Å². The van der Waals surface area contributed by atoms with Gasteiger partial charge in [0.1, 0.15) is 0 Å². The van der Waals surface area contributed by atoms with Crippen LogP contribution in [0.3, 0.4) is 0 Å². The van der Waals surface area contributed by atoms with E-state index in [-0.39, 0.29) is 5.38 Å². The first-order chi connectivity index (χ1) is 8.06. The number of hydrogen-bond acceptors (Lipinski definition) is 0. The summed E-state index contributed by atoms with van der Waals surface area (Å²) in [6.45, 7) is 2.30. The molecule has 3 unspecified atom stereocenters. The van der Waals surface area contributed by atoms with Crippen LogP contribution in [0.25, 0.3) is 0 Å². The maximum atomic E-state index is 6.41. The number of rotatable bonds is 2. The van der Waals surface area contributed by atoms with Crippen molar-refractivity contribution in [1.29, 1.82) is 0 Å². The molecule has 0 spiro atoms. The summed E-state index contributed by atoms with van der Waals surface area (Å²) in [5, 5.41) is 1.83. The lowest BCUT2D eigenvalue weighted by molar-refractivity contribution is 0.287. The van der Waals surface area contributed by atoms with Gasteiger partial charge in [-0.3, -0.25) is 0 Å². The number of benzene rings is 1. The van der Waals surface area contributed by atoms with Crippen molar-refractivity contribution in [2.75, 3.05) is 0 Å². The van der Waals surface area contributed by atoms with Crippen LogP contribution in [0.15, 0.2) is 18.2 Å². The monoisotopic (exact) mass is 290 g/mol. The molecule has 0 nitrogen and oxygen atoms in total. The Morgan fingerprint density at radius 1 is 1.24 bits per heavy atom. The summed E-state index contributed by atoms with van der Waals surface area (Å²) in [6, 6.07) is 5.66. The highest BCUT2D eigenvalue weighted by atomic mass is 35.5. The molecule has 0 aromatic heterocycles. The maximum absolute atomic E-state index is 6.41. The zero-order valence-electron chi connectivity index (χ0n) is 9.93. The molecule has 1 aliphatic rings. The fraction of sp³-hybridized carbons (Fsp3) is 0.571. The molecule has 94 valence electrons. The van der Waals surface area contributed by atoms with E-state index in [1.165, 1.54) is 12.8 Å². The topological polar surface area (TPSA) is 0 Å². The Labute approximate surface area is 118 Å². The zero-order valence-corrected chi connectivity index (χ0v) is 12.2. The maximum Gasteiger partial charge on any atom is 0.0439 e. The van der Waals surface area contributed by atoms with Gasteiger partial charge in [0.15, 0.2) is 0 Å². The van der Waals surface area contributed by atoms with Gasteiger partial charge < -0.3 is 0 Å². The highest BCUT2D eigenvalue weighted by Crippen LogP contribution is 2.36. The van der Waals surface area contributed by atoms with Gasteiger partial charge in [-0.05, 0) is 61.3 Å². The van der Waals surface area contributed by atoms with Crippen LogP contribution in [0.5, 0.6) is 0 Å². The molecule has 17 heavy (non-hydrogen) atoms. The first kappa shape index (κ1) is 13.5. The van der Waals surface area contributed by atoms with Crippen LogP contribution in [0, 0.1) is 11.8 Å². The lowest BCUT2D eigenvalue weighted by Gasteiger charge is -2.31. The second kappa shape index (κ2) is 5.82. The van der Waals surface area contributed by atoms with Crippen molar-refractivity contribution in [2.45, 2.75) is 38.0 Å². The highest BCUT2D eigenvalue weighted by Gasteiger charge is 2.27. The molecule has 1 aromatic carbocycles. The fourth-order valence-corrected chi connectivity index (χ4v) is 3.36. The highest BCUT2D eigenvalue weighted by molar-refractivity contribution is 6.33. The second-order valence-electron chi connectivity index (χ2n) is 5.13. The normalized spacial score (nSPS) is 29.3. The molecule has 0 bridgehead atoms.